The number of methoxy groups -OCH3 is 1. The molecule has 1 heterocycles. The monoisotopic (exact) mass is 215 g/mol. The van der Waals surface area contributed by atoms with Gasteiger partial charge < -0.3 is 14.9 Å². The number of rotatable bonds is 1. The number of fused-ring (bicyclic) bond motifs is 1. The van der Waals surface area contributed by atoms with Crippen molar-refractivity contribution in [2.24, 2.45) is 5.73 Å². The van der Waals surface area contributed by atoms with Crippen LogP contribution in [0, 0.1) is 0 Å². The van der Waals surface area contributed by atoms with Gasteiger partial charge in [0.2, 0.25) is 0 Å². The lowest BCUT2D eigenvalue weighted by molar-refractivity contribution is -0.147. The minimum Gasteiger partial charge on any atom is -0.467 e. The average molecular weight is 216 g/mol. The molecule has 14 heavy (non-hydrogen) atoms. The minimum absolute atomic E-state index is 0.258. The molecule has 2 rings (SSSR count). The number of carbonyl (C=O) groups excluding carboxylic acids is 1. The van der Waals surface area contributed by atoms with Gasteiger partial charge in [-0.15, -0.1) is 0 Å². The van der Waals surface area contributed by atoms with E-state index in [9.17, 15) is 4.79 Å². The maximum absolute atomic E-state index is 11.5. The van der Waals surface area contributed by atoms with Crippen LogP contribution in [0.3, 0.4) is 0 Å². The lowest BCUT2D eigenvalue weighted by Crippen LogP contribution is -2.43. The molecule has 1 unspecified atom stereocenters. The van der Waals surface area contributed by atoms with E-state index in [2.05, 4.69) is 4.74 Å². The van der Waals surface area contributed by atoms with Gasteiger partial charge in [0.05, 0.1) is 7.11 Å². The average Bonchev–Trinajstić information content (AvgIpc) is 2.66. The first kappa shape index (κ1) is 9.55. The van der Waals surface area contributed by atoms with E-state index in [1.807, 2.05) is 0 Å². The maximum Gasteiger partial charge on any atom is 0.330 e. The summed E-state index contributed by atoms with van der Waals surface area (Å²) in [5.74, 6) is 0.233. The molecule has 0 amide bonds. The summed E-state index contributed by atoms with van der Waals surface area (Å²) >= 11 is 5.68. The second kappa shape index (κ2) is 3.00. The van der Waals surface area contributed by atoms with E-state index >= 15 is 0 Å². The summed E-state index contributed by atoms with van der Waals surface area (Å²) in [4.78, 5) is 11.5. The second-order valence-corrected chi connectivity index (χ2v) is 3.72. The standard InChI is InChI=1S/C9H10ClNO3/c1-13-8(12)9(11)3-2-6-5(9)4-7(10)14-6/h4H,2-3,11H2,1H3. The van der Waals surface area contributed by atoms with E-state index in [0.717, 1.165) is 0 Å². The van der Waals surface area contributed by atoms with Crippen LogP contribution in [0.1, 0.15) is 17.7 Å². The molecule has 1 aromatic heterocycles. The first-order chi connectivity index (χ1) is 6.58. The van der Waals surface area contributed by atoms with E-state index in [4.69, 9.17) is 21.8 Å². The van der Waals surface area contributed by atoms with Gasteiger partial charge in [-0.3, -0.25) is 0 Å². The van der Waals surface area contributed by atoms with Crippen LogP contribution in [-0.2, 0) is 21.5 Å². The SMILES string of the molecule is COC(=O)C1(N)CCc2oc(Cl)cc21. The van der Waals surface area contributed by atoms with E-state index < -0.39 is 11.5 Å². The Morgan fingerprint density at radius 3 is 3.14 bits per heavy atom. The molecule has 1 aromatic rings. The molecule has 0 spiro atoms. The van der Waals surface area contributed by atoms with Gasteiger partial charge >= 0.3 is 5.97 Å². The van der Waals surface area contributed by atoms with Crippen molar-refractivity contribution in [2.75, 3.05) is 7.11 Å². The van der Waals surface area contributed by atoms with Crippen molar-refractivity contribution < 1.29 is 13.9 Å². The van der Waals surface area contributed by atoms with Crippen LogP contribution in [0.4, 0.5) is 0 Å². The summed E-state index contributed by atoms with van der Waals surface area (Å²) < 4.78 is 9.85. The van der Waals surface area contributed by atoms with Crippen LogP contribution in [0.5, 0.6) is 0 Å². The van der Waals surface area contributed by atoms with Gasteiger partial charge in [0.25, 0.3) is 0 Å². The normalized spacial score (nSPS) is 24.8. The van der Waals surface area contributed by atoms with Gasteiger partial charge in [-0.2, -0.15) is 0 Å². The third-order valence-electron chi connectivity index (χ3n) is 2.56. The Morgan fingerprint density at radius 2 is 2.50 bits per heavy atom. The third kappa shape index (κ3) is 1.14. The van der Waals surface area contributed by atoms with Crippen molar-refractivity contribution >= 4 is 17.6 Å². The molecule has 0 aromatic carbocycles. The molecule has 0 aliphatic heterocycles. The van der Waals surface area contributed by atoms with Crippen molar-refractivity contribution in [3.63, 3.8) is 0 Å². The number of aryl methyl sites for hydroxylation is 1. The van der Waals surface area contributed by atoms with Gasteiger partial charge in [-0.25, -0.2) is 4.79 Å². The summed E-state index contributed by atoms with van der Waals surface area (Å²) in [7, 11) is 1.32. The Hall–Kier alpha value is -1.00. The summed E-state index contributed by atoms with van der Waals surface area (Å²) in [6.45, 7) is 0. The van der Waals surface area contributed by atoms with Crippen LogP contribution in [-0.4, -0.2) is 13.1 Å². The lowest BCUT2D eigenvalue weighted by atomic mass is 9.95. The highest BCUT2D eigenvalue weighted by atomic mass is 35.5. The van der Waals surface area contributed by atoms with Crippen LogP contribution in [0.2, 0.25) is 5.22 Å². The molecular formula is C9H10ClNO3. The minimum atomic E-state index is -1.08. The number of ether oxygens (including phenoxy) is 1. The molecule has 0 radical (unpaired) electrons. The first-order valence-electron chi connectivity index (χ1n) is 4.24. The Balaban J connectivity index is 2.45. The Kier molecular flexibility index (Phi) is 2.05. The number of carbonyl (C=O) groups is 1. The number of furan rings is 1. The molecule has 5 heteroatoms. The van der Waals surface area contributed by atoms with Gasteiger partial charge in [0.1, 0.15) is 11.3 Å². The van der Waals surface area contributed by atoms with Gasteiger partial charge in [0.15, 0.2) is 5.22 Å². The molecule has 76 valence electrons. The quantitative estimate of drug-likeness (QED) is 0.715. The number of halogens is 1. The largest absolute Gasteiger partial charge is 0.467 e. The van der Waals surface area contributed by atoms with Crippen molar-refractivity contribution in [3.05, 3.63) is 22.6 Å². The molecule has 0 saturated carbocycles. The zero-order chi connectivity index (χ0) is 10.3. The molecule has 1 aliphatic carbocycles. The Morgan fingerprint density at radius 1 is 1.79 bits per heavy atom. The van der Waals surface area contributed by atoms with E-state index in [0.29, 0.717) is 24.2 Å². The topological polar surface area (TPSA) is 65.5 Å². The van der Waals surface area contributed by atoms with Gasteiger partial charge in [0, 0.05) is 18.1 Å². The second-order valence-electron chi connectivity index (χ2n) is 3.35. The number of hydrogen-bond acceptors (Lipinski definition) is 4. The van der Waals surface area contributed by atoms with Crippen LogP contribution < -0.4 is 5.73 Å². The molecule has 0 fully saturated rings. The first-order valence-corrected chi connectivity index (χ1v) is 4.61. The van der Waals surface area contributed by atoms with E-state index in [1.165, 1.54) is 7.11 Å². The summed E-state index contributed by atoms with van der Waals surface area (Å²) in [6, 6.07) is 1.58. The fourth-order valence-electron chi connectivity index (χ4n) is 1.80. The zero-order valence-electron chi connectivity index (χ0n) is 7.67. The van der Waals surface area contributed by atoms with Crippen molar-refractivity contribution in [1.82, 2.24) is 0 Å². The Bertz CT molecular complexity index is 387. The maximum atomic E-state index is 11.5. The van der Waals surface area contributed by atoms with E-state index in [-0.39, 0.29) is 5.22 Å². The molecule has 0 saturated heterocycles. The highest BCUT2D eigenvalue weighted by molar-refractivity contribution is 6.29. The van der Waals surface area contributed by atoms with Crippen molar-refractivity contribution in [2.45, 2.75) is 18.4 Å². The number of nitrogens with two attached hydrogens (primary N) is 1. The number of hydrogen-bond donors (Lipinski definition) is 1. The zero-order valence-corrected chi connectivity index (χ0v) is 8.43. The third-order valence-corrected chi connectivity index (χ3v) is 2.74. The van der Waals surface area contributed by atoms with Gasteiger partial charge in [-0.05, 0) is 18.0 Å². The van der Waals surface area contributed by atoms with Crippen molar-refractivity contribution in [1.29, 1.82) is 0 Å². The summed E-state index contributed by atoms with van der Waals surface area (Å²) in [6.07, 6.45) is 1.12. The highest BCUT2D eigenvalue weighted by Crippen LogP contribution is 2.39. The molecule has 4 nitrogen and oxygen atoms in total. The molecular weight excluding hydrogens is 206 g/mol. The van der Waals surface area contributed by atoms with Crippen molar-refractivity contribution in [3.8, 4) is 0 Å². The molecule has 1 atom stereocenters. The fraction of sp³-hybridized carbons (Fsp3) is 0.444. The number of esters is 1. The fourth-order valence-corrected chi connectivity index (χ4v) is 2.00. The molecule has 0 bridgehead atoms. The molecule has 1 aliphatic rings. The van der Waals surface area contributed by atoms with Crippen LogP contribution in [0.15, 0.2) is 10.5 Å². The highest BCUT2D eigenvalue weighted by Gasteiger charge is 2.45. The van der Waals surface area contributed by atoms with Crippen LogP contribution in [0.25, 0.3) is 0 Å². The summed E-state index contributed by atoms with van der Waals surface area (Å²) in [5.41, 5.74) is 5.51. The van der Waals surface area contributed by atoms with Gasteiger partial charge in [-0.1, -0.05) is 0 Å². The predicted octanol–water partition coefficient (Wildman–Crippen LogP) is 1.21. The molecule has 2 N–H and O–H groups in total. The summed E-state index contributed by atoms with van der Waals surface area (Å²) in [5, 5.41) is 0.258. The van der Waals surface area contributed by atoms with E-state index in [1.54, 1.807) is 6.07 Å². The lowest BCUT2D eigenvalue weighted by Gasteiger charge is -2.19. The Labute approximate surface area is 86.0 Å². The smallest absolute Gasteiger partial charge is 0.330 e. The predicted molar refractivity (Wildman–Crippen MR) is 49.9 cm³/mol. The van der Waals surface area contributed by atoms with Crippen LogP contribution >= 0.6 is 11.6 Å².